The molecule has 0 aliphatic rings. The van der Waals surface area contributed by atoms with Crippen LogP contribution in [0, 0.1) is 0 Å². The minimum absolute atomic E-state index is 0.122. The van der Waals surface area contributed by atoms with Gasteiger partial charge in [0, 0.05) is 5.69 Å². The van der Waals surface area contributed by atoms with E-state index in [2.05, 4.69) is 30.1 Å². The first-order chi connectivity index (χ1) is 11.9. The molecule has 2 heterocycles. The second-order valence-corrected chi connectivity index (χ2v) is 7.93. The van der Waals surface area contributed by atoms with E-state index in [9.17, 15) is 4.57 Å². The van der Waals surface area contributed by atoms with E-state index in [-0.39, 0.29) is 11.9 Å². The van der Waals surface area contributed by atoms with Gasteiger partial charge in [0.2, 0.25) is 11.9 Å². The monoisotopic (exact) mass is 395 g/mol. The molecule has 11 heteroatoms. The van der Waals surface area contributed by atoms with Crippen molar-refractivity contribution in [2.24, 2.45) is 0 Å². The molecule has 0 amide bonds. The number of aromatic nitrogens is 4. The van der Waals surface area contributed by atoms with Crippen LogP contribution in [0.3, 0.4) is 0 Å². The molecule has 2 aromatic heterocycles. The average Bonchev–Trinajstić information content (AvgIpc) is 2.59. The number of nitrogens with two attached hydrogens (primary N) is 1. The summed E-state index contributed by atoms with van der Waals surface area (Å²) in [5.74, 6) is 0.244. The molecule has 0 atom stereocenters. The van der Waals surface area contributed by atoms with Crippen molar-refractivity contribution in [2.75, 3.05) is 15.9 Å². The summed E-state index contributed by atoms with van der Waals surface area (Å²) < 4.78 is 13.6. The summed E-state index contributed by atoms with van der Waals surface area (Å²) >= 11 is 11.6. The van der Waals surface area contributed by atoms with Crippen LogP contribution in [0.4, 0.5) is 17.6 Å². The zero-order valence-electron chi connectivity index (χ0n) is 12.6. The van der Waals surface area contributed by atoms with Crippen LogP contribution in [-0.2, 0) is 4.57 Å². The van der Waals surface area contributed by atoms with Crippen LogP contribution >= 0.6 is 30.6 Å². The summed E-state index contributed by atoms with van der Waals surface area (Å²) in [5, 5.41) is 6.69. The van der Waals surface area contributed by atoms with Gasteiger partial charge in [0.1, 0.15) is 0 Å². The molecule has 0 radical (unpaired) electrons. The summed E-state index contributed by atoms with van der Waals surface area (Å²) in [4.78, 5) is 16.0. The van der Waals surface area contributed by atoms with E-state index in [0.717, 1.165) is 0 Å². The Balaban J connectivity index is 1.99. The highest BCUT2D eigenvalue weighted by molar-refractivity contribution is 7.74. The summed E-state index contributed by atoms with van der Waals surface area (Å²) in [6.07, 6.45) is 5.55. The number of anilines is 3. The quantitative estimate of drug-likeness (QED) is 0.445. The minimum Gasteiger partial charge on any atom is -0.399 e. The molecule has 0 spiro atoms. The predicted octanol–water partition coefficient (Wildman–Crippen LogP) is 3.20. The predicted molar refractivity (Wildman–Crippen MR) is 99.4 cm³/mol. The maximum atomic E-state index is 13.6. The standard InChI is InChI=1S/C14H12Cl2N7OP/c15-9-5-18-13(19-6-9)22-25(24,12-3-1-2-11(17)4-12)23-14-20-7-10(16)8-21-14/h1-8H,17H2,(H2,18,19,20,21,22,23,24). The Morgan fingerprint density at radius 1 is 0.880 bits per heavy atom. The maximum Gasteiger partial charge on any atom is 0.292 e. The fourth-order valence-electron chi connectivity index (χ4n) is 1.90. The molecule has 25 heavy (non-hydrogen) atoms. The largest absolute Gasteiger partial charge is 0.399 e. The van der Waals surface area contributed by atoms with Crippen molar-refractivity contribution in [3.8, 4) is 0 Å². The van der Waals surface area contributed by atoms with Gasteiger partial charge in [-0.15, -0.1) is 0 Å². The lowest BCUT2D eigenvalue weighted by molar-refractivity contribution is 0.587. The fraction of sp³-hybridized carbons (Fsp3) is 0. The van der Waals surface area contributed by atoms with Crippen molar-refractivity contribution >= 4 is 53.5 Å². The smallest absolute Gasteiger partial charge is 0.292 e. The van der Waals surface area contributed by atoms with Gasteiger partial charge in [0.25, 0.3) is 7.44 Å². The van der Waals surface area contributed by atoms with Gasteiger partial charge in [-0.1, -0.05) is 29.3 Å². The number of nitrogens with one attached hydrogen (secondary N) is 2. The first-order valence-corrected chi connectivity index (χ1v) is 9.39. The lowest BCUT2D eigenvalue weighted by Crippen LogP contribution is -2.20. The summed E-state index contributed by atoms with van der Waals surface area (Å²) in [6, 6.07) is 6.60. The third kappa shape index (κ3) is 4.36. The molecule has 0 aliphatic carbocycles. The van der Waals surface area contributed by atoms with Crippen molar-refractivity contribution < 1.29 is 4.57 Å². The Bertz CT molecular complexity index is 870. The molecule has 0 saturated carbocycles. The van der Waals surface area contributed by atoms with Crippen molar-refractivity contribution in [1.82, 2.24) is 19.9 Å². The van der Waals surface area contributed by atoms with Crippen LogP contribution in [0.2, 0.25) is 10.0 Å². The van der Waals surface area contributed by atoms with Gasteiger partial charge >= 0.3 is 0 Å². The van der Waals surface area contributed by atoms with E-state index < -0.39 is 7.44 Å². The number of nitrogen functional groups attached to an aromatic ring is 1. The Hall–Kier alpha value is -2.41. The highest BCUT2D eigenvalue weighted by atomic mass is 35.5. The molecule has 1 aromatic carbocycles. The third-order valence-corrected chi connectivity index (χ3v) is 5.41. The minimum atomic E-state index is -3.49. The highest BCUT2D eigenvalue weighted by Gasteiger charge is 2.27. The Morgan fingerprint density at radius 3 is 1.80 bits per heavy atom. The number of rotatable bonds is 5. The van der Waals surface area contributed by atoms with Gasteiger partial charge in [0.05, 0.1) is 40.1 Å². The molecule has 128 valence electrons. The second-order valence-electron chi connectivity index (χ2n) is 4.88. The molecular weight excluding hydrogens is 384 g/mol. The highest BCUT2D eigenvalue weighted by Crippen LogP contribution is 2.43. The topological polar surface area (TPSA) is 119 Å². The van der Waals surface area contributed by atoms with Crippen LogP contribution in [0.15, 0.2) is 49.1 Å². The Morgan fingerprint density at radius 2 is 1.36 bits per heavy atom. The lowest BCUT2D eigenvalue weighted by Gasteiger charge is -2.21. The number of benzene rings is 1. The van der Waals surface area contributed by atoms with E-state index in [4.69, 9.17) is 28.9 Å². The maximum absolute atomic E-state index is 13.6. The van der Waals surface area contributed by atoms with Gasteiger partial charge in [-0.2, -0.15) is 0 Å². The van der Waals surface area contributed by atoms with E-state index >= 15 is 0 Å². The number of nitrogens with zero attached hydrogens (tertiary/aromatic N) is 4. The molecule has 3 rings (SSSR count). The van der Waals surface area contributed by atoms with Gasteiger partial charge in [-0.05, 0) is 18.2 Å². The van der Waals surface area contributed by atoms with Gasteiger partial charge in [-0.3, -0.25) is 14.7 Å². The van der Waals surface area contributed by atoms with Crippen molar-refractivity contribution in [1.29, 1.82) is 0 Å². The molecule has 0 fully saturated rings. The Kier molecular flexibility index (Phi) is 5.03. The summed E-state index contributed by atoms with van der Waals surface area (Å²) in [7, 11) is -3.49. The summed E-state index contributed by atoms with van der Waals surface area (Å²) in [5.41, 5.74) is 6.26. The van der Waals surface area contributed by atoms with E-state index in [1.165, 1.54) is 24.8 Å². The van der Waals surface area contributed by atoms with Crippen molar-refractivity contribution in [3.63, 3.8) is 0 Å². The molecular formula is C14H12Cl2N7OP. The molecule has 0 bridgehead atoms. The van der Waals surface area contributed by atoms with Crippen molar-refractivity contribution in [3.05, 3.63) is 59.1 Å². The molecule has 0 aliphatic heterocycles. The third-order valence-electron chi connectivity index (χ3n) is 2.99. The normalized spacial score (nSPS) is 11.1. The fourth-order valence-corrected chi connectivity index (χ4v) is 3.83. The van der Waals surface area contributed by atoms with Crippen molar-refractivity contribution in [2.45, 2.75) is 0 Å². The van der Waals surface area contributed by atoms with Crippen LogP contribution in [0.25, 0.3) is 0 Å². The molecule has 4 N–H and O–H groups in total. The first-order valence-electron chi connectivity index (χ1n) is 6.92. The van der Waals surface area contributed by atoms with Gasteiger partial charge in [0.15, 0.2) is 0 Å². The second kappa shape index (κ2) is 7.23. The van der Waals surface area contributed by atoms with E-state index in [1.54, 1.807) is 24.3 Å². The van der Waals surface area contributed by atoms with Crippen LogP contribution in [0.1, 0.15) is 0 Å². The molecule has 0 saturated heterocycles. The molecule has 3 aromatic rings. The zero-order valence-corrected chi connectivity index (χ0v) is 15.0. The lowest BCUT2D eigenvalue weighted by atomic mass is 10.3. The average molecular weight is 396 g/mol. The number of hydrogen-bond donors (Lipinski definition) is 3. The SMILES string of the molecule is Nc1cccc(P(=O)(Nc2ncc(Cl)cn2)Nc2ncc(Cl)cn2)c1. The van der Waals surface area contributed by atoms with E-state index in [1.807, 2.05) is 0 Å². The number of hydrogen-bond acceptors (Lipinski definition) is 6. The van der Waals surface area contributed by atoms with Crippen LogP contribution in [-0.4, -0.2) is 19.9 Å². The Labute approximate surface area is 153 Å². The van der Waals surface area contributed by atoms with E-state index in [0.29, 0.717) is 21.0 Å². The van der Waals surface area contributed by atoms with Crippen LogP contribution < -0.4 is 21.2 Å². The summed E-state index contributed by atoms with van der Waals surface area (Å²) in [6.45, 7) is 0. The first kappa shape index (κ1) is 17.4. The van der Waals surface area contributed by atoms with Crippen LogP contribution in [0.5, 0.6) is 0 Å². The molecule has 8 nitrogen and oxygen atoms in total. The molecule has 0 unspecified atom stereocenters. The van der Waals surface area contributed by atoms with Gasteiger partial charge in [-0.25, -0.2) is 19.9 Å². The number of halogens is 2. The zero-order chi connectivity index (χ0) is 17.9. The van der Waals surface area contributed by atoms with Gasteiger partial charge < -0.3 is 5.73 Å².